The minimum atomic E-state index is -0.974. The number of aliphatic hydroxyl groups is 1. The molecule has 4 N–H and O–H groups in total. The lowest BCUT2D eigenvalue weighted by Gasteiger charge is -2.19. The van der Waals surface area contributed by atoms with E-state index in [1.54, 1.807) is 76.5 Å². The number of aldehydes is 1. The Kier molecular flexibility index (Phi) is 7.59. The second-order valence-electron chi connectivity index (χ2n) is 7.81. The van der Waals surface area contributed by atoms with Crippen molar-refractivity contribution in [3.8, 4) is 0 Å². The fraction of sp³-hybridized carbons (Fsp3) is 0.261. The van der Waals surface area contributed by atoms with Crippen LogP contribution in [0.25, 0.3) is 0 Å². The number of anilines is 2. The minimum Gasteiger partial charge on any atom is -0.376 e. The molecule has 0 aliphatic rings. The van der Waals surface area contributed by atoms with Crippen LogP contribution < -0.4 is 16.1 Å². The van der Waals surface area contributed by atoms with E-state index in [-0.39, 0.29) is 5.91 Å². The molecule has 3 heterocycles. The van der Waals surface area contributed by atoms with Crippen LogP contribution in [0.3, 0.4) is 0 Å². The van der Waals surface area contributed by atoms with Gasteiger partial charge in [0.25, 0.3) is 5.91 Å². The van der Waals surface area contributed by atoms with Gasteiger partial charge in [-0.3, -0.25) is 15.0 Å². The van der Waals surface area contributed by atoms with Crippen molar-refractivity contribution in [3.63, 3.8) is 0 Å². The van der Waals surface area contributed by atoms with Crippen LogP contribution in [0.5, 0.6) is 0 Å². The van der Waals surface area contributed by atoms with Crippen molar-refractivity contribution in [2.45, 2.75) is 6.23 Å². The number of hydrogen-bond donors (Lipinski definition) is 4. The number of amides is 1. The maximum Gasteiger partial charge on any atom is 0.272 e. The smallest absolute Gasteiger partial charge is 0.272 e. The number of likely N-dealkylation sites (N-methyl/N-ethyl adjacent to an activating group) is 1. The van der Waals surface area contributed by atoms with E-state index >= 15 is 0 Å². The van der Waals surface area contributed by atoms with Crippen LogP contribution in [0.4, 0.5) is 11.4 Å². The van der Waals surface area contributed by atoms with Gasteiger partial charge in [-0.1, -0.05) is 6.58 Å². The summed E-state index contributed by atoms with van der Waals surface area (Å²) in [6.07, 6.45) is 6.66. The van der Waals surface area contributed by atoms with Crippen LogP contribution in [0, 0.1) is 0 Å². The Balaban J connectivity index is 1.67. The Labute approximate surface area is 198 Å². The molecular formula is C23H30N8O3. The number of nitrogens with zero attached hydrogens (tertiary/aromatic N) is 5. The molecule has 0 saturated carbocycles. The summed E-state index contributed by atoms with van der Waals surface area (Å²) in [7, 11) is 7.13. The monoisotopic (exact) mass is 466 g/mol. The van der Waals surface area contributed by atoms with Crippen LogP contribution in [-0.4, -0.2) is 55.3 Å². The van der Waals surface area contributed by atoms with Crippen LogP contribution in [0.15, 0.2) is 60.7 Å². The molecule has 1 unspecified atom stereocenters. The van der Waals surface area contributed by atoms with Gasteiger partial charge < -0.3 is 34.3 Å². The third-order valence-corrected chi connectivity index (χ3v) is 5.37. The second-order valence-corrected chi connectivity index (χ2v) is 7.81. The maximum atomic E-state index is 12.7. The van der Waals surface area contributed by atoms with Crippen molar-refractivity contribution in [1.82, 2.24) is 24.0 Å². The molecule has 34 heavy (non-hydrogen) atoms. The number of hydrazone groups is 1. The van der Waals surface area contributed by atoms with Crippen molar-refractivity contribution in [3.05, 3.63) is 72.7 Å². The van der Waals surface area contributed by atoms with Gasteiger partial charge in [-0.2, -0.15) is 5.10 Å². The molecule has 0 aliphatic heterocycles. The summed E-state index contributed by atoms with van der Waals surface area (Å²) in [4.78, 5) is 25.5. The van der Waals surface area contributed by atoms with Gasteiger partial charge in [0.15, 0.2) is 12.5 Å². The molecular weight excluding hydrogens is 436 g/mol. The standard InChI is InChI=1S/C23H30N8O3/c1-6-28(2)21(26-27-23(34)19-8-7-9-29(19)3)12-24-16-11-20(31(5)13-16)22(33)25-17-10-18(15-32)30(4)14-17/h6-11,13-15,23-24,27,34H,1,12H2,2-5H3,(H,25,33)/b26-21-. The Bertz CT molecular complexity index is 1200. The van der Waals surface area contributed by atoms with E-state index in [1.165, 1.54) is 0 Å². The molecule has 11 heteroatoms. The van der Waals surface area contributed by atoms with Gasteiger partial charge in [0, 0.05) is 46.8 Å². The van der Waals surface area contributed by atoms with Gasteiger partial charge in [0.1, 0.15) is 11.5 Å². The van der Waals surface area contributed by atoms with Crippen LogP contribution in [0.2, 0.25) is 0 Å². The zero-order chi connectivity index (χ0) is 24.8. The molecule has 11 nitrogen and oxygen atoms in total. The zero-order valence-electron chi connectivity index (χ0n) is 19.7. The molecule has 180 valence electrons. The fourth-order valence-corrected chi connectivity index (χ4v) is 3.34. The second kappa shape index (κ2) is 10.6. The lowest BCUT2D eigenvalue weighted by molar-refractivity contribution is 0.101. The number of nitrogens with one attached hydrogen (secondary N) is 3. The number of carbonyl (C=O) groups excluding carboxylic acids is 2. The van der Waals surface area contributed by atoms with Gasteiger partial charge >= 0.3 is 0 Å². The summed E-state index contributed by atoms with van der Waals surface area (Å²) in [6.45, 7) is 4.07. The number of carbonyl (C=O) groups is 2. The Morgan fingerprint density at radius 3 is 2.56 bits per heavy atom. The third kappa shape index (κ3) is 5.56. The van der Waals surface area contributed by atoms with Gasteiger partial charge in [-0.05, 0) is 30.5 Å². The quantitative estimate of drug-likeness (QED) is 0.119. The van der Waals surface area contributed by atoms with Gasteiger partial charge in [0.05, 0.1) is 29.3 Å². The summed E-state index contributed by atoms with van der Waals surface area (Å²) >= 11 is 0. The van der Waals surface area contributed by atoms with Crippen LogP contribution in [0.1, 0.15) is 32.9 Å². The average molecular weight is 467 g/mol. The normalized spacial score (nSPS) is 12.2. The Morgan fingerprint density at radius 2 is 1.94 bits per heavy atom. The molecule has 0 fully saturated rings. The molecule has 0 saturated heterocycles. The predicted molar refractivity (Wildman–Crippen MR) is 132 cm³/mol. The molecule has 0 aliphatic carbocycles. The summed E-state index contributed by atoms with van der Waals surface area (Å²) < 4.78 is 5.14. The predicted octanol–water partition coefficient (Wildman–Crippen LogP) is 1.85. The van der Waals surface area contributed by atoms with Crippen molar-refractivity contribution < 1.29 is 14.7 Å². The highest BCUT2D eigenvalue weighted by Gasteiger charge is 2.15. The van der Waals surface area contributed by atoms with Crippen molar-refractivity contribution in [2.75, 3.05) is 24.2 Å². The highest BCUT2D eigenvalue weighted by atomic mass is 16.3. The van der Waals surface area contributed by atoms with E-state index in [9.17, 15) is 14.7 Å². The number of aryl methyl sites for hydroxylation is 3. The fourth-order valence-electron chi connectivity index (χ4n) is 3.34. The van der Waals surface area contributed by atoms with Gasteiger partial charge in [0.2, 0.25) is 0 Å². The van der Waals surface area contributed by atoms with Gasteiger partial charge in [-0.25, -0.2) is 0 Å². The van der Waals surface area contributed by atoms with Crippen molar-refractivity contribution >= 4 is 29.4 Å². The maximum absolute atomic E-state index is 12.7. The number of aromatic nitrogens is 3. The summed E-state index contributed by atoms with van der Waals surface area (Å²) in [5.41, 5.74) is 5.57. The van der Waals surface area contributed by atoms with E-state index in [1.807, 2.05) is 19.3 Å². The van der Waals surface area contributed by atoms with Crippen LogP contribution >= 0.6 is 0 Å². The van der Waals surface area contributed by atoms with Gasteiger partial charge in [-0.15, -0.1) is 0 Å². The number of aliphatic hydroxyl groups excluding tert-OH is 1. The lowest BCUT2D eigenvalue weighted by atomic mass is 10.3. The molecule has 0 radical (unpaired) electrons. The molecule has 0 spiro atoms. The van der Waals surface area contributed by atoms with E-state index in [0.29, 0.717) is 40.8 Å². The minimum absolute atomic E-state index is 0.303. The van der Waals surface area contributed by atoms with E-state index in [2.05, 4.69) is 27.7 Å². The van der Waals surface area contributed by atoms with Crippen molar-refractivity contribution in [1.29, 1.82) is 0 Å². The highest BCUT2D eigenvalue weighted by Crippen LogP contribution is 2.17. The number of rotatable bonds is 10. The molecule has 0 aromatic carbocycles. The first kappa shape index (κ1) is 24.4. The number of amidine groups is 1. The SMILES string of the molecule is C=CN(C)/C(CNc1cc(C(=O)Nc2cc(C=O)n(C)c2)n(C)c1)=N\NC(O)c1cccn1C. The highest BCUT2D eigenvalue weighted by molar-refractivity contribution is 6.04. The molecule has 3 rings (SSSR count). The summed E-state index contributed by atoms with van der Waals surface area (Å²) in [6, 6.07) is 6.97. The Morgan fingerprint density at radius 1 is 1.21 bits per heavy atom. The third-order valence-electron chi connectivity index (χ3n) is 5.37. The first-order valence-corrected chi connectivity index (χ1v) is 10.5. The van der Waals surface area contributed by atoms with E-state index in [4.69, 9.17) is 0 Å². The zero-order valence-corrected chi connectivity index (χ0v) is 19.7. The largest absolute Gasteiger partial charge is 0.376 e. The topological polar surface area (TPSA) is 121 Å². The molecule has 1 amide bonds. The van der Waals surface area contributed by atoms with E-state index in [0.717, 1.165) is 6.29 Å². The number of hydrogen-bond acceptors (Lipinski definition) is 6. The average Bonchev–Trinajstić information content (AvgIpc) is 3.50. The summed E-state index contributed by atoms with van der Waals surface area (Å²) in [5.74, 6) is 0.270. The van der Waals surface area contributed by atoms with Crippen molar-refractivity contribution in [2.24, 2.45) is 26.2 Å². The van der Waals surface area contributed by atoms with E-state index < -0.39 is 6.23 Å². The molecule has 3 aromatic rings. The lowest BCUT2D eigenvalue weighted by Crippen LogP contribution is -2.31. The first-order valence-electron chi connectivity index (χ1n) is 10.5. The molecule has 1 atom stereocenters. The molecule has 0 bridgehead atoms. The summed E-state index contributed by atoms with van der Waals surface area (Å²) in [5, 5.41) is 20.7. The van der Waals surface area contributed by atoms with Crippen LogP contribution in [-0.2, 0) is 21.1 Å². The molecule has 3 aromatic heterocycles. The Hall–Kier alpha value is -4.25. The first-order chi connectivity index (χ1) is 16.2.